The third-order valence-electron chi connectivity index (χ3n) is 3.00. The molecule has 1 unspecified atom stereocenters. The predicted molar refractivity (Wildman–Crippen MR) is 61.4 cm³/mol. The summed E-state index contributed by atoms with van der Waals surface area (Å²) in [4.78, 5) is 16.5. The second kappa shape index (κ2) is 4.02. The highest BCUT2D eigenvalue weighted by Gasteiger charge is 2.36. The SMILES string of the molecule is Cc1nc(C(=O)C2(C)CCCNC2)cs1. The van der Waals surface area contributed by atoms with Crippen molar-refractivity contribution in [2.75, 3.05) is 13.1 Å². The number of aryl methyl sites for hydroxylation is 1. The minimum absolute atomic E-state index is 0.194. The van der Waals surface area contributed by atoms with Gasteiger partial charge in [0.05, 0.1) is 5.01 Å². The number of rotatable bonds is 2. The molecule has 1 fully saturated rings. The molecule has 1 aliphatic heterocycles. The summed E-state index contributed by atoms with van der Waals surface area (Å²) in [5.41, 5.74) is 0.391. The molecular formula is C11H16N2OS. The van der Waals surface area contributed by atoms with Crippen molar-refractivity contribution >= 4 is 17.1 Å². The van der Waals surface area contributed by atoms with E-state index in [1.807, 2.05) is 19.2 Å². The monoisotopic (exact) mass is 224 g/mol. The second-order valence-corrected chi connectivity index (χ2v) is 5.48. The molecule has 0 aromatic carbocycles. The Kier molecular flexibility index (Phi) is 2.89. The molecule has 1 aromatic heterocycles. The number of carbonyl (C=O) groups is 1. The summed E-state index contributed by atoms with van der Waals surface area (Å²) in [5.74, 6) is 0.194. The third kappa shape index (κ3) is 2.11. The average Bonchev–Trinajstić information content (AvgIpc) is 2.65. The van der Waals surface area contributed by atoms with Gasteiger partial charge in [-0.15, -0.1) is 11.3 Å². The molecule has 3 nitrogen and oxygen atoms in total. The van der Waals surface area contributed by atoms with Gasteiger partial charge in [-0.3, -0.25) is 4.79 Å². The molecular weight excluding hydrogens is 208 g/mol. The molecule has 0 amide bonds. The molecule has 0 aliphatic carbocycles. The van der Waals surface area contributed by atoms with E-state index in [4.69, 9.17) is 0 Å². The topological polar surface area (TPSA) is 42.0 Å². The van der Waals surface area contributed by atoms with E-state index in [0.29, 0.717) is 5.69 Å². The number of piperidine rings is 1. The van der Waals surface area contributed by atoms with Gasteiger partial charge in [0, 0.05) is 17.3 Å². The smallest absolute Gasteiger partial charge is 0.189 e. The van der Waals surface area contributed by atoms with Gasteiger partial charge in [-0.1, -0.05) is 6.92 Å². The van der Waals surface area contributed by atoms with Crippen LogP contribution in [0.4, 0.5) is 0 Å². The first kappa shape index (κ1) is 10.8. The van der Waals surface area contributed by atoms with Crippen molar-refractivity contribution in [2.24, 2.45) is 5.41 Å². The maximum atomic E-state index is 12.2. The van der Waals surface area contributed by atoms with Crippen molar-refractivity contribution in [1.82, 2.24) is 10.3 Å². The Hall–Kier alpha value is -0.740. The molecule has 82 valence electrons. The van der Waals surface area contributed by atoms with E-state index >= 15 is 0 Å². The molecule has 1 aliphatic rings. The summed E-state index contributed by atoms with van der Waals surface area (Å²) in [7, 11) is 0. The lowest BCUT2D eigenvalue weighted by Gasteiger charge is -2.31. The van der Waals surface area contributed by atoms with E-state index in [-0.39, 0.29) is 11.2 Å². The zero-order chi connectivity index (χ0) is 10.9. The Morgan fingerprint density at radius 2 is 2.47 bits per heavy atom. The fourth-order valence-electron chi connectivity index (χ4n) is 2.03. The summed E-state index contributed by atoms with van der Waals surface area (Å²) in [6, 6.07) is 0. The normalized spacial score (nSPS) is 26.5. The number of ketones is 1. The fourth-order valence-corrected chi connectivity index (χ4v) is 2.62. The van der Waals surface area contributed by atoms with Gasteiger partial charge in [0.15, 0.2) is 5.78 Å². The van der Waals surface area contributed by atoms with Crippen LogP contribution >= 0.6 is 11.3 Å². The van der Waals surface area contributed by atoms with Gasteiger partial charge >= 0.3 is 0 Å². The molecule has 0 radical (unpaired) electrons. The van der Waals surface area contributed by atoms with Crippen LogP contribution in [-0.4, -0.2) is 23.9 Å². The minimum Gasteiger partial charge on any atom is -0.316 e. The Bertz CT molecular complexity index is 366. The number of hydrogen-bond donors (Lipinski definition) is 1. The quantitative estimate of drug-likeness (QED) is 0.781. The summed E-state index contributed by atoms with van der Waals surface area (Å²) in [6.45, 7) is 5.78. The van der Waals surface area contributed by atoms with Gasteiger partial charge in [0.2, 0.25) is 0 Å². The largest absolute Gasteiger partial charge is 0.316 e. The zero-order valence-corrected chi connectivity index (χ0v) is 9.99. The van der Waals surface area contributed by atoms with E-state index < -0.39 is 0 Å². The van der Waals surface area contributed by atoms with Crippen LogP contribution < -0.4 is 5.32 Å². The number of hydrogen-bond acceptors (Lipinski definition) is 4. The summed E-state index contributed by atoms with van der Waals surface area (Å²) in [6.07, 6.45) is 2.04. The molecule has 4 heteroatoms. The lowest BCUT2D eigenvalue weighted by Crippen LogP contribution is -2.43. The van der Waals surface area contributed by atoms with Crippen LogP contribution in [0.15, 0.2) is 5.38 Å². The molecule has 1 atom stereocenters. The van der Waals surface area contributed by atoms with Crippen LogP contribution in [0.25, 0.3) is 0 Å². The maximum absolute atomic E-state index is 12.2. The van der Waals surface area contributed by atoms with Gasteiger partial charge in [0.1, 0.15) is 5.69 Å². The third-order valence-corrected chi connectivity index (χ3v) is 3.77. The first-order valence-electron chi connectivity index (χ1n) is 5.29. The summed E-state index contributed by atoms with van der Waals surface area (Å²) < 4.78 is 0. The summed E-state index contributed by atoms with van der Waals surface area (Å²) in [5, 5.41) is 6.12. The van der Waals surface area contributed by atoms with Gasteiger partial charge in [-0.25, -0.2) is 4.98 Å². The van der Waals surface area contributed by atoms with E-state index in [9.17, 15) is 4.79 Å². The average molecular weight is 224 g/mol. The van der Waals surface area contributed by atoms with Crippen LogP contribution in [0.5, 0.6) is 0 Å². The van der Waals surface area contributed by atoms with Crippen molar-refractivity contribution in [2.45, 2.75) is 26.7 Å². The molecule has 0 bridgehead atoms. The maximum Gasteiger partial charge on any atom is 0.189 e. The highest BCUT2D eigenvalue weighted by molar-refractivity contribution is 7.09. The van der Waals surface area contributed by atoms with Crippen molar-refractivity contribution < 1.29 is 4.79 Å². The predicted octanol–water partition coefficient (Wildman–Crippen LogP) is 2.02. The number of nitrogens with zero attached hydrogens (tertiary/aromatic N) is 1. The fraction of sp³-hybridized carbons (Fsp3) is 0.636. The van der Waals surface area contributed by atoms with Crippen LogP contribution in [0.1, 0.15) is 35.3 Å². The van der Waals surface area contributed by atoms with E-state index in [1.54, 1.807) is 11.3 Å². The minimum atomic E-state index is -0.251. The number of nitrogens with one attached hydrogen (secondary N) is 1. The van der Waals surface area contributed by atoms with Gasteiger partial charge in [0.25, 0.3) is 0 Å². The van der Waals surface area contributed by atoms with Crippen LogP contribution in [0.3, 0.4) is 0 Å². The van der Waals surface area contributed by atoms with E-state index in [0.717, 1.165) is 30.9 Å². The standard InChI is InChI=1S/C11H16N2OS/c1-8-13-9(6-15-8)10(14)11(2)4-3-5-12-7-11/h6,12H,3-5,7H2,1-2H3. The van der Waals surface area contributed by atoms with Crippen molar-refractivity contribution in [3.8, 4) is 0 Å². The van der Waals surface area contributed by atoms with Gasteiger partial charge in [-0.2, -0.15) is 0 Å². The molecule has 2 rings (SSSR count). The molecule has 2 heterocycles. The number of Topliss-reactive ketones (excluding diaryl/α,β-unsaturated/α-hetero) is 1. The number of thiazole rings is 1. The first-order chi connectivity index (χ1) is 7.12. The number of carbonyl (C=O) groups excluding carboxylic acids is 1. The Labute approximate surface area is 93.9 Å². The Morgan fingerprint density at radius 3 is 3.00 bits per heavy atom. The molecule has 0 saturated carbocycles. The lowest BCUT2D eigenvalue weighted by atomic mass is 9.78. The van der Waals surface area contributed by atoms with E-state index in [1.165, 1.54) is 0 Å². The molecule has 15 heavy (non-hydrogen) atoms. The highest BCUT2D eigenvalue weighted by Crippen LogP contribution is 2.30. The van der Waals surface area contributed by atoms with E-state index in [2.05, 4.69) is 10.3 Å². The first-order valence-corrected chi connectivity index (χ1v) is 6.17. The van der Waals surface area contributed by atoms with Crippen LogP contribution in [-0.2, 0) is 0 Å². The van der Waals surface area contributed by atoms with Gasteiger partial charge < -0.3 is 5.32 Å². The molecule has 0 spiro atoms. The molecule has 1 aromatic rings. The van der Waals surface area contributed by atoms with Crippen molar-refractivity contribution in [3.63, 3.8) is 0 Å². The van der Waals surface area contributed by atoms with Crippen LogP contribution in [0, 0.1) is 12.3 Å². The highest BCUT2D eigenvalue weighted by atomic mass is 32.1. The second-order valence-electron chi connectivity index (χ2n) is 4.42. The lowest BCUT2D eigenvalue weighted by molar-refractivity contribution is 0.0768. The summed E-state index contributed by atoms with van der Waals surface area (Å²) >= 11 is 1.54. The zero-order valence-electron chi connectivity index (χ0n) is 9.17. The molecule has 1 N–H and O–H groups in total. The van der Waals surface area contributed by atoms with Crippen molar-refractivity contribution in [1.29, 1.82) is 0 Å². The van der Waals surface area contributed by atoms with Crippen LogP contribution in [0.2, 0.25) is 0 Å². The molecule has 1 saturated heterocycles. The van der Waals surface area contributed by atoms with Crippen molar-refractivity contribution in [3.05, 3.63) is 16.1 Å². The number of aromatic nitrogens is 1. The Balaban J connectivity index is 2.19. The van der Waals surface area contributed by atoms with Gasteiger partial charge in [-0.05, 0) is 26.3 Å². The Morgan fingerprint density at radius 1 is 1.67 bits per heavy atom.